The van der Waals surface area contributed by atoms with E-state index in [-0.39, 0.29) is 11.4 Å². The highest BCUT2D eigenvalue weighted by molar-refractivity contribution is 7.89. The Morgan fingerprint density at radius 3 is 2.75 bits per heavy atom. The van der Waals surface area contributed by atoms with Crippen LogP contribution in [0, 0.1) is 0 Å². The van der Waals surface area contributed by atoms with Crippen molar-refractivity contribution < 1.29 is 13.5 Å². The summed E-state index contributed by atoms with van der Waals surface area (Å²) in [6.45, 7) is 3.58. The number of nitrogens with one attached hydrogen (secondary N) is 2. The van der Waals surface area contributed by atoms with Gasteiger partial charge in [-0.3, -0.25) is 0 Å². The molecule has 3 N–H and O–H groups in total. The van der Waals surface area contributed by atoms with E-state index in [0.717, 1.165) is 6.42 Å². The highest BCUT2D eigenvalue weighted by Gasteiger charge is 2.23. The van der Waals surface area contributed by atoms with Crippen molar-refractivity contribution in [1.82, 2.24) is 9.71 Å². The molecule has 0 amide bonds. The van der Waals surface area contributed by atoms with Gasteiger partial charge in [-0.15, -0.1) is 0 Å². The Balaban J connectivity index is 2.62. The number of hydrogen-bond donors (Lipinski definition) is 3. The fourth-order valence-corrected chi connectivity index (χ4v) is 2.57. The lowest BCUT2D eigenvalue weighted by Crippen LogP contribution is -2.40. The van der Waals surface area contributed by atoms with Gasteiger partial charge in [0.05, 0.1) is 10.5 Å². The van der Waals surface area contributed by atoms with Crippen LogP contribution in [-0.4, -0.2) is 30.7 Å². The zero-order chi connectivity index (χ0) is 12.2. The van der Waals surface area contributed by atoms with Crippen LogP contribution < -0.4 is 4.72 Å². The van der Waals surface area contributed by atoms with Crippen LogP contribution >= 0.6 is 0 Å². The second kappa shape index (κ2) is 4.99. The van der Waals surface area contributed by atoms with Gasteiger partial charge in [0.2, 0.25) is 10.0 Å². The molecular formula is C10H18N2O3S. The van der Waals surface area contributed by atoms with Crippen molar-refractivity contribution >= 4 is 10.0 Å². The second-order valence-electron chi connectivity index (χ2n) is 4.12. The molecule has 1 aromatic rings. The molecule has 1 atom stereocenters. The molecule has 6 heteroatoms. The van der Waals surface area contributed by atoms with E-state index in [1.54, 1.807) is 13.1 Å². The normalized spacial score (nSPS) is 15.9. The summed E-state index contributed by atoms with van der Waals surface area (Å²) in [5.41, 5.74) is -1.00. The number of aliphatic hydroxyl groups is 1. The summed E-state index contributed by atoms with van der Waals surface area (Å²) in [7, 11) is -3.51. The van der Waals surface area contributed by atoms with Crippen molar-refractivity contribution in [2.75, 3.05) is 6.54 Å². The second-order valence-corrected chi connectivity index (χ2v) is 5.89. The first-order chi connectivity index (χ1) is 7.37. The van der Waals surface area contributed by atoms with Gasteiger partial charge < -0.3 is 10.1 Å². The molecule has 1 unspecified atom stereocenters. The van der Waals surface area contributed by atoms with Crippen molar-refractivity contribution in [3.63, 3.8) is 0 Å². The minimum Gasteiger partial charge on any atom is -0.389 e. The van der Waals surface area contributed by atoms with Crippen LogP contribution in [0.4, 0.5) is 0 Å². The van der Waals surface area contributed by atoms with E-state index in [2.05, 4.69) is 9.71 Å². The Bertz CT molecular complexity index is 409. The standard InChI is InChI=1S/C10H18N2O3S/c1-3-5-10(2,13)8-12-16(14,15)9-4-6-11-7-9/h4,6-7,11-13H,3,5,8H2,1-2H3. The Kier molecular flexibility index (Phi) is 4.12. The zero-order valence-electron chi connectivity index (χ0n) is 9.53. The van der Waals surface area contributed by atoms with Crippen LogP contribution in [0.3, 0.4) is 0 Å². The first-order valence-electron chi connectivity index (χ1n) is 5.22. The van der Waals surface area contributed by atoms with Crippen LogP contribution in [0.5, 0.6) is 0 Å². The Morgan fingerprint density at radius 2 is 2.25 bits per heavy atom. The average Bonchev–Trinajstić information content (AvgIpc) is 2.68. The molecule has 0 saturated carbocycles. The molecule has 1 aromatic heterocycles. The topological polar surface area (TPSA) is 82.2 Å². The van der Waals surface area contributed by atoms with E-state index >= 15 is 0 Å². The average molecular weight is 246 g/mol. The number of sulfonamides is 1. The van der Waals surface area contributed by atoms with Crippen LogP contribution in [0.25, 0.3) is 0 Å². The Labute approximate surface area is 95.9 Å². The highest BCUT2D eigenvalue weighted by atomic mass is 32.2. The number of H-pyrrole nitrogens is 1. The van der Waals surface area contributed by atoms with Crippen molar-refractivity contribution in [2.24, 2.45) is 0 Å². The molecule has 0 aliphatic heterocycles. The minimum atomic E-state index is -3.51. The molecule has 1 rings (SSSR count). The van der Waals surface area contributed by atoms with E-state index < -0.39 is 15.6 Å². The van der Waals surface area contributed by atoms with Gasteiger partial charge in [0, 0.05) is 18.9 Å². The fourth-order valence-electron chi connectivity index (χ4n) is 1.44. The maximum absolute atomic E-state index is 11.7. The summed E-state index contributed by atoms with van der Waals surface area (Å²) < 4.78 is 25.8. The third-order valence-electron chi connectivity index (χ3n) is 2.31. The van der Waals surface area contributed by atoms with Crippen LogP contribution in [0.1, 0.15) is 26.7 Å². The number of rotatable bonds is 6. The fraction of sp³-hybridized carbons (Fsp3) is 0.600. The summed E-state index contributed by atoms with van der Waals surface area (Å²) in [5.74, 6) is 0. The van der Waals surface area contributed by atoms with Gasteiger partial charge in [-0.25, -0.2) is 13.1 Å². The van der Waals surface area contributed by atoms with Gasteiger partial charge in [0.1, 0.15) is 0 Å². The molecule has 0 aliphatic rings. The molecule has 0 saturated heterocycles. The van der Waals surface area contributed by atoms with Crippen LogP contribution in [0.2, 0.25) is 0 Å². The Hall–Kier alpha value is -0.850. The van der Waals surface area contributed by atoms with Crippen molar-refractivity contribution in [3.8, 4) is 0 Å². The van der Waals surface area contributed by atoms with Gasteiger partial charge in [0.15, 0.2) is 0 Å². The van der Waals surface area contributed by atoms with Crippen molar-refractivity contribution in [1.29, 1.82) is 0 Å². The van der Waals surface area contributed by atoms with E-state index in [1.165, 1.54) is 12.3 Å². The van der Waals surface area contributed by atoms with Gasteiger partial charge >= 0.3 is 0 Å². The lowest BCUT2D eigenvalue weighted by atomic mass is 10.0. The van der Waals surface area contributed by atoms with Crippen molar-refractivity contribution in [3.05, 3.63) is 18.5 Å². The molecule has 0 bridgehead atoms. The maximum Gasteiger partial charge on any atom is 0.242 e. The number of aromatic nitrogens is 1. The predicted octanol–water partition coefficient (Wildman–Crippen LogP) is 0.844. The van der Waals surface area contributed by atoms with Gasteiger partial charge in [-0.1, -0.05) is 13.3 Å². The van der Waals surface area contributed by atoms with Crippen LogP contribution in [0.15, 0.2) is 23.4 Å². The predicted molar refractivity (Wildman–Crippen MR) is 61.5 cm³/mol. The molecule has 0 spiro atoms. The first-order valence-corrected chi connectivity index (χ1v) is 6.70. The number of aromatic amines is 1. The molecule has 0 aromatic carbocycles. The van der Waals surface area contributed by atoms with E-state index in [0.29, 0.717) is 6.42 Å². The van der Waals surface area contributed by atoms with Gasteiger partial charge in [-0.05, 0) is 19.4 Å². The maximum atomic E-state index is 11.7. The first kappa shape index (κ1) is 13.2. The SMILES string of the molecule is CCCC(C)(O)CNS(=O)(=O)c1cc[nH]c1. The van der Waals surface area contributed by atoms with Gasteiger partial charge in [0.25, 0.3) is 0 Å². The molecule has 5 nitrogen and oxygen atoms in total. The minimum absolute atomic E-state index is 0.0222. The molecule has 0 radical (unpaired) electrons. The molecule has 16 heavy (non-hydrogen) atoms. The molecule has 0 aliphatic carbocycles. The molecular weight excluding hydrogens is 228 g/mol. The molecule has 92 valence electrons. The summed E-state index contributed by atoms with van der Waals surface area (Å²) in [6.07, 6.45) is 4.30. The Morgan fingerprint density at radius 1 is 1.56 bits per heavy atom. The smallest absolute Gasteiger partial charge is 0.242 e. The van der Waals surface area contributed by atoms with E-state index in [4.69, 9.17) is 0 Å². The van der Waals surface area contributed by atoms with E-state index in [9.17, 15) is 13.5 Å². The highest BCUT2D eigenvalue weighted by Crippen LogP contribution is 2.12. The van der Waals surface area contributed by atoms with Crippen molar-refractivity contribution in [2.45, 2.75) is 37.2 Å². The lowest BCUT2D eigenvalue weighted by molar-refractivity contribution is 0.0554. The summed E-state index contributed by atoms with van der Waals surface area (Å²) >= 11 is 0. The zero-order valence-corrected chi connectivity index (χ0v) is 10.3. The number of hydrogen-bond acceptors (Lipinski definition) is 3. The lowest BCUT2D eigenvalue weighted by Gasteiger charge is -2.22. The molecule has 1 heterocycles. The summed E-state index contributed by atoms with van der Waals surface area (Å²) in [4.78, 5) is 2.86. The molecule has 0 fully saturated rings. The summed E-state index contributed by atoms with van der Waals surface area (Å²) in [5, 5.41) is 9.84. The third-order valence-corrected chi connectivity index (χ3v) is 3.71. The largest absolute Gasteiger partial charge is 0.389 e. The third kappa shape index (κ3) is 3.62. The van der Waals surface area contributed by atoms with E-state index in [1.807, 2.05) is 6.92 Å². The summed E-state index contributed by atoms with van der Waals surface area (Å²) in [6, 6.07) is 1.47. The van der Waals surface area contributed by atoms with Crippen LogP contribution in [-0.2, 0) is 10.0 Å². The quantitative estimate of drug-likeness (QED) is 0.695. The monoisotopic (exact) mass is 246 g/mol. The van der Waals surface area contributed by atoms with Gasteiger partial charge in [-0.2, -0.15) is 0 Å².